The molecule has 1 N–H and O–H groups in total. The second-order valence-electron chi connectivity index (χ2n) is 6.98. The fourth-order valence-corrected chi connectivity index (χ4v) is 4.35. The van der Waals surface area contributed by atoms with E-state index in [4.69, 9.17) is 32.5 Å². The van der Waals surface area contributed by atoms with E-state index in [1.807, 2.05) is 0 Å². The summed E-state index contributed by atoms with van der Waals surface area (Å²) >= 11 is 13.2. The molecule has 1 aliphatic rings. The van der Waals surface area contributed by atoms with Gasteiger partial charge in [-0.3, -0.25) is 4.79 Å². The number of benzene rings is 1. The van der Waals surface area contributed by atoms with Gasteiger partial charge in [0, 0.05) is 27.2 Å². The minimum absolute atomic E-state index is 0.00106. The van der Waals surface area contributed by atoms with Crippen LogP contribution in [0.25, 0.3) is 0 Å². The van der Waals surface area contributed by atoms with Gasteiger partial charge in [-0.05, 0) is 31.2 Å². The number of nitrogens with one attached hydrogen (secondary N) is 1. The molecule has 6 nitrogen and oxygen atoms in total. The van der Waals surface area contributed by atoms with Gasteiger partial charge in [-0.1, -0.05) is 28.4 Å². The van der Waals surface area contributed by atoms with Gasteiger partial charge in [0.15, 0.2) is 5.76 Å². The Labute approximate surface area is 194 Å². The van der Waals surface area contributed by atoms with E-state index in [0.29, 0.717) is 5.01 Å². The summed E-state index contributed by atoms with van der Waals surface area (Å²) in [5.41, 5.74) is -2.99. The maximum absolute atomic E-state index is 14.1. The van der Waals surface area contributed by atoms with Crippen molar-refractivity contribution in [2.45, 2.75) is 31.7 Å². The van der Waals surface area contributed by atoms with Crippen molar-refractivity contribution in [3.63, 3.8) is 0 Å². The summed E-state index contributed by atoms with van der Waals surface area (Å²) in [6, 6.07) is 4.92. The fourth-order valence-electron chi connectivity index (χ4n) is 3.26. The Bertz CT molecular complexity index is 1170. The zero-order chi connectivity index (χ0) is 23.1. The van der Waals surface area contributed by atoms with Gasteiger partial charge in [0.05, 0.1) is 18.5 Å². The van der Waals surface area contributed by atoms with Gasteiger partial charge >= 0.3 is 6.18 Å². The Kier molecular flexibility index (Phi) is 5.95. The molecule has 0 spiro atoms. The SMILES string of the molecule is Cc1oc(C2=NOC(c3cc(Cl)cc(Cl)c3)(C(F)(F)F)C2)cc1C(=O)NCc1nccs1. The number of nitrogens with zero attached hydrogens (tertiary/aromatic N) is 2. The van der Waals surface area contributed by atoms with E-state index in [-0.39, 0.29) is 44.9 Å². The molecular weight excluding hydrogens is 490 g/mol. The molecule has 12 heteroatoms. The van der Waals surface area contributed by atoms with Crippen molar-refractivity contribution in [3.8, 4) is 0 Å². The van der Waals surface area contributed by atoms with Crippen LogP contribution in [0.5, 0.6) is 0 Å². The van der Waals surface area contributed by atoms with Gasteiger partial charge in [-0.2, -0.15) is 13.2 Å². The zero-order valence-electron chi connectivity index (χ0n) is 16.3. The molecule has 3 heterocycles. The number of aromatic nitrogens is 1. The van der Waals surface area contributed by atoms with Crippen LogP contribution in [0, 0.1) is 6.92 Å². The molecule has 0 fully saturated rings. The summed E-state index contributed by atoms with van der Waals surface area (Å²) in [6.07, 6.45) is -3.90. The number of rotatable bonds is 5. The van der Waals surface area contributed by atoms with Crippen molar-refractivity contribution < 1.29 is 27.2 Å². The second-order valence-corrected chi connectivity index (χ2v) is 8.83. The van der Waals surface area contributed by atoms with Crippen LogP contribution >= 0.6 is 34.5 Å². The van der Waals surface area contributed by atoms with E-state index in [1.165, 1.54) is 30.4 Å². The third-order valence-corrected chi connectivity index (χ3v) is 6.06. The first kappa shape index (κ1) is 22.6. The molecule has 1 aliphatic heterocycles. The maximum Gasteiger partial charge on any atom is 0.435 e. The number of oxime groups is 1. The van der Waals surface area contributed by atoms with Crippen LogP contribution < -0.4 is 5.32 Å². The second kappa shape index (κ2) is 8.42. The number of halogens is 5. The van der Waals surface area contributed by atoms with Gasteiger partial charge in [0.25, 0.3) is 11.5 Å². The summed E-state index contributed by atoms with van der Waals surface area (Å²) in [5, 5.41) is 8.88. The van der Waals surface area contributed by atoms with E-state index in [2.05, 4.69) is 15.5 Å². The molecule has 1 unspecified atom stereocenters. The third kappa shape index (κ3) is 4.22. The average molecular weight is 504 g/mol. The Morgan fingerprint density at radius 2 is 1.97 bits per heavy atom. The number of aryl methyl sites for hydroxylation is 1. The molecule has 168 valence electrons. The van der Waals surface area contributed by atoms with E-state index < -0.39 is 24.1 Å². The molecule has 2 aromatic heterocycles. The van der Waals surface area contributed by atoms with Crippen LogP contribution in [0.2, 0.25) is 10.0 Å². The number of alkyl halides is 3. The van der Waals surface area contributed by atoms with Crippen molar-refractivity contribution in [2.24, 2.45) is 5.16 Å². The monoisotopic (exact) mass is 503 g/mol. The summed E-state index contributed by atoms with van der Waals surface area (Å²) in [7, 11) is 0. The maximum atomic E-state index is 14.1. The van der Waals surface area contributed by atoms with Crippen molar-refractivity contribution in [1.82, 2.24) is 10.3 Å². The molecule has 1 atom stereocenters. The zero-order valence-corrected chi connectivity index (χ0v) is 18.6. The summed E-state index contributed by atoms with van der Waals surface area (Å²) in [6.45, 7) is 1.75. The van der Waals surface area contributed by atoms with E-state index in [1.54, 1.807) is 11.6 Å². The Morgan fingerprint density at radius 3 is 2.59 bits per heavy atom. The normalized spacial score (nSPS) is 18.4. The summed E-state index contributed by atoms with van der Waals surface area (Å²) in [4.78, 5) is 21.5. The largest absolute Gasteiger partial charge is 0.459 e. The highest BCUT2D eigenvalue weighted by molar-refractivity contribution is 7.09. The van der Waals surface area contributed by atoms with Gasteiger partial charge < -0.3 is 14.6 Å². The lowest BCUT2D eigenvalue weighted by Gasteiger charge is -2.29. The highest BCUT2D eigenvalue weighted by Gasteiger charge is 2.62. The molecule has 0 saturated carbocycles. The van der Waals surface area contributed by atoms with E-state index in [9.17, 15) is 18.0 Å². The molecule has 0 radical (unpaired) electrons. The number of carbonyl (C=O) groups is 1. The van der Waals surface area contributed by atoms with Crippen LogP contribution in [0.3, 0.4) is 0 Å². The number of amides is 1. The lowest BCUT2D eigenvalue weighted by atomic mass is 9.87. The van der Waals surface area contributed by atoms with Gasteiger partial charge in [0.2, 0.25) is 0 Å². The summed E-state index contributed by atoms with van der Waals surface area (Å²) < 4.78 is 47.9. The number of hydrogen-bond acceptors (Lipinski definition) is 6. The first-order valence-electron chi connectivity index (χ1n) is 9.15. The van der Waals surface area contributed by atoms with Crippen LogP contribution in [0.15, 0.2) is 45.4 Å². The Balaban J connectivity index is 1.59. The van der Waals surface area contributed by atoms with Crippen molar-refractivity contribution in [1.29, 1.82) is 0 Å². The minimum Gasteiger partial charge on any atom is -0.459 e. The van der Waals surface area contributed by atoms with E-state index >= 15 is 0 Å². The van der Waals surface area contributed by atoms with Gasteiger partial charge in [0.1, 0.15) is 16.5 Å². The smallest absolute Gasteiger partial charge is 0.435 e. The van der Waals surface area contributed by atoms with Crippen molar-refractivity contribution in [2.75, 3.05) is 0 Å². The third-order valence-electron chi connectivity index (χ3n) is 4.85. The van der Waals surface area contributed by atoms with E-state index in [0.717, 1.165) is 12.1 Å². The van der Waals surface area contributed by atoms with Crippen molar-refractivity contribution in [3.05, 3.63) is 73.5 Å². The Hall–Kier alpha value is -2.56. The number of furan rings is 1. The molecular formula is C20H14Cl2F3N3O3S. The lowest BCUT2D eigenvalue weighted by molar-refractivity contribution is -0.275. The fraction of sp³-hybridized carbons (Fsp3) is 0.250. The van der Waals surface area contributed by atoms with Crippen LogP contribution in [-0.4, -0.2) is 22.8 Å². The number of thiazole rings is 1. The summed E-state index contributed by atoms with van der Waals surface area (Å²) in [5.74, 6) is -0.216. The predicted octanol–water partition coefficient (Wildman–Crippen LogP) is 5.86. The molecule has 32 heavy (non-hydrogen) atoms. The van der Waals surface area contributed by atoms with Gasteiger partial charge in [-0.25, -0.2) is 4.98 Å². The van der Waals surface area contributed by atoms with Crippen LogP contribution in [-0.2, 0) is 17.0 Å². The molecule has 4 rings (SSSR count). The Morgan fingerprint density at radius 1 is 1.25 bits per heavy atom. The molecule has 3 aromatic rings. The number of hydrogen-bond donors (Lipinski definition) is 1. The molecule has 0 bridgehead atoms. The highest BCUT2D eigenvalue weighted by Crippen LogP contribution is 2.49. The first-order valence-corrected chi connectivity index (χ1v) is 10.8. The van der Waals surface area contributed by atoms with Crippen LogP contribution in [0.1, 0.15) is 38.9 Å². The number of carbonyl (C=O) groups excluding carboxylic acids is 1. The standard InChI is InChI=1S/C20H14Cl2F3N3O3S/c1-10-14(18(29)27-9-17-26-2-3-32-17)7-16(30-10)15-8-19(31-28-15,20(23,24)25)11-4-12(21)6-13(22)5-11/h2-7H,8-9H2,1H3,(H,27,29). The quantitative estimate of drug-likeness (QED) is 0.472. The topological polar surface area (TPSA) is 76.7 Å². The van der Waals surface area contributed by atoms with Crippen LogP contribution in [0.4, 0.5) is 13.2 Å². The van der Waals surface area contributed by atoms with Gasteiger partial charge in [-0.15, -0.1) is 11.3 Å². The predicted molar refractivity (Wildman–Crippen MR) is 113 cm³/mol. The highest BCUT2D eigenvalue weighted by atomic mass is 35.5. The molecule has 1 amide bonds. The molecule has 0 saturated heterocycles. The minimum atomic E-state index is -4.83. The average Bonchev–Trinajstić information content (AvgIpc) is 3.44. The molecule has 0 aliphatic carbocycles. The van der Waals surface area contributed by atoms with Crippen molar-refractivity contribution >= 4 is 46.2 Å². The lowest BCUT2D eigenvalue weighted by Crippen LogP contribution is -2.42. The first-order chi connectivity index (χ1) is 15.1. The molecule has 1 aromatic carbocycles.